The van der Waals surface area contributed by atoms with E-state index in [0.29, 0.717) is 5.57 Å². The molecule has 0 aliphatic carbocycles. The molecular weight excluding hydrogens is 543 g/mol. The maximum Gasteiger partial charge on any atom is 0.328 e. The molecule has 14 nitrogen and oxygen atoms in total. The summed E-state index contributed by atoms with van der Waals surface area (Å²) < 4.78 is 35.4. The van der Waals surface area contributed by atoms with Gasteiger partial charge < -0.3 is 33.6 Å². The number of thioether (sulfide) groups is 1. The zero-order chi connectivity index (χ0) is 27.4. The lowest BCUT2D eigenvalue weighted by atomic mass is 9.81. The smallest absolute Gasteiger partial charge is 0.328 e. The molecule has 1 unspecified atom stereocenters. The number of urea groups is 2. The van der Waals surface area contributed by atoms with Crippen molar-refractivity contribution in [2.75, 3.05) is 26.9 Å². The third-order valence-corrected chi connectivity index (χ3v) is 11.6. The summed E-state index contributed by atoms with van der Waals surface area (Å²) in [6, 6.07) is -1.95. The second-order valence-electron chi connectivity index (χ2n) is 10.7. The Morgan fingerprint density at radius 2 is 1.95 bits per heavy atom. The summed E-state index contributed by atoms with van der Waals surface area (Å²) in [7, 11) is -2.12. The second-order valence-corrected chi connectivity index (χ2v) is 14.4. The Morgan fingerprint density at radius 3 is 2.66 bits per heavy atom. The molecule has 7 aliphatic heterocycles. The van der Waals surface area contributed by atoms with Gasteiger partial charge in [0, 0.05) is 32.8 Å². The van der Waals surface area contributed by atoms with Gasteiger partial charge in [0.25, 0.3) is 0 Å². The molecule has 7 rings (SSSR count). The number of hydrogen-bond donors (Lipinski definition) is 3. The highest BCUT2D eigenvalue weighted by Gasteiger charge is 2.76. The average molecular weight is 575 g/mol. The Labute approximate surface area is 223 Å². The minimum Gasteiger partial charge on any atom is -0.394 e. The van der Waals surface area contributed by atoms with Crippen molar-refractivity contribution in [3.8, 4) is 0 Å². The van der Waals surface area contributed by atoms with Crippen molar-refractivity contribution in [2.45, 2.75) is 79.2 Å². The molecule has 7 aliphatic rings. The van der Waals surface area contributed by atoms with Crippen molar-refractivity contribution in [3.63, 3.8) is 0 Å². The van der Waals surface area contributed by atoms with Gasteiger partial charge in [-0.25, -0.2) is 9.59 Å². The van der Waals surface area contributed by atoms with Gasteiger partial charge in [-0.2, -0.15) is 0 Å². The summed E-state index contributed by atoms with van der Waals surface area (Å²) in [5.41, 5.74) is 0.701. The molecule has 7 heterocycles. The highest BCUT2D eigenvalue weighted by atomic mass is 32.2. The molecule has 0 saturated carbocycles. The predicted octanol–water partition coefficient (Wildman–Crippen LogP) is 0.201. The van der Waals surface area contributed by atoms with E-state index in [4.69, 9.17) is 18.5 Å². The molecular formula is C22H31N4O10PS. The van der Waals surface area contributed by atoms with Gasteiger partial charge in [-0.1, -0.05) is 0 Å². The van der Waals surface area contributed by atoms with Crippen LogP contribution in [0.25, 0.3) is 0 Å². The Balaban J connectivity index is 1.48. The number of likely N-dealkylation sites (N-methyl/N-ethyl adjacent to an activating group) is 1. The van der Waals surface area contributed by atoms with Crippen LogP contribution in [0.15, 0.2) is 11.8 Å². The van der Waals surface area contributed by atoms with Gasteiger partial charge in [0.1, 0.15) is 34.3 Å². The molecule has 5 fully saturated rings. The lowest BCUT2D eigenvalue weighted by Crippen LogP contribution is -2.86. The van der Waals surface area contributed by atoms with Crippen molar-refractivity contribution in [1.29, 1.82) is 0 Å². The van der Waals surface area contributed by atoms with Crippen LogP contribution in [0.1, 0.15) is 26.7 Å². The summed E-state index contributed by atoms with van der Waals surface area (Å²) in [6.07, 6.45) is -3.64. The molecule has 38 heavy (non-hydrogen) atoms. The molecule has 0 radical (unpaired) electrons. The Bertz CT molecular complexity index is 1170. The van der Waals surface area contributed by atoms with E-state index in [1.165, 1.54) is 33.1 Å². The van der Waals surface area contributed by atoms with Crippen molar-refractivity contribution in [2.24, 2.45) is 0 Å². The second kappa shape index (κ2) is 8.64. The van der Waals surface area contributed by atoms with Crippen LogP contribution in [-0.2, 0) is 27.9 Å². The molecule has 210 valence electrons. The standard InChI is InChI=1S/C22H31N4O10PS/c1-10-7-25-15-5-11(28)14(35-15)9-33-37(4,32)36-12-6-16(34-13(12)8-27)26-17-21(2,18(29)23-19(26)30)38-22(10,17)24(3)20(25)31/h7,11-17,27-28H,5-6,8-9H2,1-4H3,(H,23,29,30)/t11-,12-,13+,14+,15+,16+,17+,21+,22?,37-/m0/s1. The molecule has 3 N–H and O–H groups in total. The van der Waals surface area contributed by atoms with E-state index in [1.807, 2.05) is 6.92 Å². The van der Waals surface area contributed by atoms with E-state index < -0.39 is 84.7 Å². The third kappa shape index (κ3) is 3.56. The van der Waals surface area contributed by atoms with E-state index in [2.05, 4.69) is 5.32 Å². The molecule has 16 heteroatoms. The monoisotopic (exact) mass is 574 g/mol. The Morgan fingerprint density at radius 1 is 1.21 bits per heavy atom. The maximum atomic E-state index is 13.7. The summed E-state index contributed by atoms with van der Waals surface area (Å²) >= 11 is 1.26. The molecule has 0 aromatic carbocycles. The first-order chi connectivity index (χ1) is 17.8. The SMILES string of the molecule is CC1=CN2C(=O)N(C)C13S[C@@]1(C)C(=O)NC(=O)N([C@H]4C[C@H](O[P@@](C)(=O)OC[C@H]5O[C@@H]2C[C@@H]5O)[C@@H](CO)O4)[C@@H]31. The number of rotatable bonds is 1. The zero-order valence-corrected chi connectivity index (χ0v) is 23.0. The van der Waals surface area contributed by atoms with Crippen LogP contribution in [0.3, 0.4) is 0 Å². The number of nitrogens with one attached hydrogen (secondary N) is 1. The van der Waals surface area contributed by atoms with Crippen molar-refractivity contribution in [1.82, 2.24) is 20.0 Å². The van der Waals surface area contributed by atoms with Crippen LogP contribution >= 0.6 is 19.4 Å². The van der Waals surface area contributed by atoms with E-state index in [1.54, 1.807) is 20.2 Å². The van der Waals surface area contributed by atoms with Crippen molar-refractivity contribution < 1.29 is 47.7 Å². The largest absolute Gasteiger partial charge is 0.394 e. The predicted molar refractivity (Wildman–Crippen MR) is 131 cm³/mol. The summed E-state index contributed by atoms with van der Waals surface area (Å²) in [5.74, 6) is -0.481. The number of nitrogens with zero attached hydrogens (tertiary/aromatic N) is 3. The average Bonchev–Trinajstić information content (AvgIpc) is 3.41. The molecule has 10 atom stereocenters. The van der Waals surface area contributed by atoms with E-state index in [9.17, 15) is 29.2 Å². The molecule has 6 bridgehead atoms. The van der Waals surface area contributed by atoms with Crippen LogP contribution in [0.2, 0.25) is 0 Å². The molecule has 0 aromatic rings. The minimum absolute atomic E-state index is 0.0402. The number of carbonyl (C=O) groups excluding carboxylic acids is 3. The van der Waals surface area contributed by atoms with E-state index >= 15 is 0 Å². The number of aliphatic hydroxyl groups excluding tert-OH is 2. The van der Waals surface area contributed by atoms with Gasteiger partial charge in [0.05, 0.1) is 31.5 Å². The fraction of sp³-hybridized carbons (Fsp3) is 0.773. The summed E-state index contributed by atoms with van der Waals surface area (Å²) in [6.45, 7) is 4.07. The molecule has 5 amide bonds. The first kappa shape index (κ1) is 26.5. The number of fused-ring (bicyclic) bond motifs is 4. The number of hydrogen-bond acceptors (Lipinski definition) is 11. The normalized spacial score (nSPS) is 48.6. The first-order valence-electron chi connectivity index (χ1n) is 12.4. The maximum absolute atomic E-state index is 13.7. The quantitative estimate of drug-likeness (QED) is 0.366. The first-order valence-corrected chi connectivity index (χ1v) is 15.2. The number of imide groups is 1. The van der Waals surface area contributed by atoms with Gasteiger partial charge in [-0.05, 0) is 19.4 Å². The van der Waals surface area contributed by atoms with E-state index in [-0.39, 0.29) is 19.4 Å². The van der Waals surface area contributed by atoms with Crippen LogP contribution in [0.4, 0.5) is 9.59 Å². The minimum atomic E-state index is -3.72. The number of aliphatic hydroxyl groups is 2. The van der Waals surface area contributed by atoms with Gasteiger partial charge in [-0.3, -0.25) is 24.5 Å². The number of carbonyl (C=O) groups is 3. The number of ether oxygens (including phenoxy) is 2. The summed E-state index contributed by atoms with van der Waals surface area (Å²) in [4.78, 5) is 43.3. The third-order valence-electron chi connectivity index (χ3n) is 8.33. The fourth-order valence-corrected chi connectivity index (χ4v) is 9.51. The molecule has 0 aromatic heterocycles. The van der Waals surface area contributed by atoms with Gasteiger partial charge >= 0.3 is 19.7 Å². The van der Waals surface area contributed by atoms with Crippen molar-refractivity contribution in [3.05, 3.63) is 11.8 Å². The number of amides is 5. The lowest BCUT2D eigenvalue weighted by Gasteiger charge is -2.68. The highest BCUT2D eigenvalue weighted by molar-refractivity contribution is 8.04. The van der Waals surface area contributed by atoms with Crippen LogP contribution in [0, 0.1) is 0 Å². The molecule has 1 spiro atoms. The topological polar surface area (TPSA) is 167 Å². The van der Waals surface area contributed by atoms with E-state index in [0.717, 1.165) is 0 Å². The highest BCUT2D eigenvalue weighted by Crippen LogP contribution is 2.65. The van der Waals surface area contributed by atoms with Crippen LogP contribution < -0.4 is 5.32 Å². The van der Waals surface area contributed by atoms with Gasteiger partial charge in [0.15, 0.2) is 0 Å². The van der Waals surface area contributed by atoms with Crippen LogP contribution in [-0.4, -0.2) is 122 Å². The Hall–Kier alpha value is -1.71. The molecule has 5 saturated heterocycles. The fourth-order valence-electron chi connectivity index (χ4n) is 6.43. The zero-order valence-electron chi connectivity index (χ0n) is 21.3. The van der Waals surface area contributed by atoms with Gasteiger partial charge in [0.2, 0.25) is 5.91 Å². The summed E-state index contributed by atoms with van der Waals surface area (Å²) in [5, 5.41) is 23.0. The lowest BCUT2D eigenvalue weighted by molar-refractivity contribution is -0.136. The Kier molecular flexibility index (Phi) is 6.03. The van der Waals surface area contributed by atoms with Crippen LogP contribution in [0.5, 0.6) is 0 Å². The van der Waals surface area contributed by atoms with Gasteiger partial charge in [-0.15, -0.1) is 11.8 Å². The van der Waals surface area contributed by atoms with Crippen molar-refractivity contribution >= 4 is 37.3 Å².